The van der Waals surface area contributed by atoms with Crippen molar-refractivity contribution in [3.8, 4) is 0 Å². The molecule has 0 aliphatic rings. The van der Waals surface area contributed by atoms with E-state index >= 15 is 0 Å². The maximum absolute atomic E-state index is 11.3. The fourth-order valence-corrected chi connectivity index (χ4v) is 2.63. The third-order valence-electron chi connectivity index (χ3n) is 4.20. The van der Waals surface area contributed by atoms with E-state index in [1.54, 1.807) is 0 Å². The molecular weight excluding hydrogens is 240 g/mol. The maximum atomic E-state index is 11.3. The van der Waals surface area contributed by atoms with Gasteiger partial charge >= 0.3 is 0 Å². The van der Waals surface area contributed by atoms with E-state index in [0.29, 0.717) is 6.61 Å². The van der Waals surface area contributed by atoms with Crippen molar-refractivity contribution in [3.05, 3.63) is 0 Å². The van der Waals surface area contributed by atoms with Crippen LogP contribution in [0.15, 0.2) is 0 Å². The Morgan fingerprint density at radius 2 is 1.67 bits per heavy atom. The van der Waals surface area contributed by atoms with Crippen molar-refractivity contribution >= 4 is 14.6 Å². The van der Waals surface area contributed by atoms with Crippen molar-refractivity contribution in [2.75, 3.05) is 6.61 Å². The Labute approximate surface area is 115 Å². The van der Waals surface area contributed by atoms with Gasteiger partial charge in [0, 0.05) is 12.0 Å². The van der Waals surface area contributed by atoms with Crippen LogP contribution in [0.3, 0.4) is 0 Å². The zero-order chi connectivity index (χ0) is 14.4. The minimum atomic E-state index is -1.74. The van der Waals surface area contributed by atoms with Gasteiger partial charge in [-0.15, -0.1) is 0 Å². The first-order chi connectivity index (χ1) is 8.08. The molecule has 1 atom stereocenters. The van der Waals surface area contributed by atoms with Crippen molar-refractivity contribution in [1.29, 1.82) is 0 Å². The fourth-order valence-electron chi connectivity index (χ4n) is 1.51. The molecule has 0 amide bonds. The summed E-state index contributed by atoms with van der Waals surface area (Å²) in [6.07, 6.45) is 5.54. The number of carbonyl (C=O) groups excluding carboxylic acids is 1. The van der Waals surface area contributed by atoms with Gasteiger partial charge in [-0.3, -0.25) is 0 Å². The number of unbranched alkanes of at least 4 members (excludes halogenated alkanes) is 2. The van der Waals surface area contributed by atoms with Gasteiger partial charge in [-0.1, -0.05) is 53.9 Å². The fraction of sp³-hybridized carbons (Fsp3) is 0.933. The van der Waals surface area contributed by atoms with Crippen LogP contribution in [-0.4, -0.2) is 21.2 Å². The second-order valence-corrected chi connectivity index (χ2v) is 12.1. The van der Waals surface area contributed by atoms with Gasteiger partial charge in [-0.25, -0.2) is 0 Å². The molecule has 0 fully saturated rings. The molecule has 0 aromatic heterocycles. The Balaban J connectivity index is 4.42. The lowest BCUT2D eigenvalue weighted by Crippen LogP contribution is -2.43. The molecule has 0 unspecified atom stereocenters. The van der Waals surface area contributed by atoms with Crippen LogP contribution < -0.4 is 0 Å². The smallest absolute Gasteiger partial charge is 0.192 e. The Kier molecular flexibility index (Phi) is 6.79. The molecule has 0 aliphatic carbocycles. The molecule has 0 N–H and O–H groups in total. The van der Waals surface area contributed by atoms with Crippen LogP contribution in [0.2, 0.25) is 18.1 Å². The zero-order valence-electron chi connectivity index (χ0n) is 13.4. The average Bonchev–Trinajstić information content (AvgIpc) is 2.25. The minimum absolute atomic E-state index is 0.209. The zero-order valence-corrected chi connectivity index (χ0v) is 14.4. The quantitative estimate of drug-likeness (QED) is 0.360. The van der Waals surface area contributed by atoms with Gasteiger partial charge < -0.3 is 9.22 Å². The lowest BCUT2D eigenvalue weighted by Gasteiger charge is -2.38. The standard InChI is InChI=1S/C15H32O2Si/c1-8-9-10-11-15(5,12-16)13-17-18(6,7)14(2,3)4/h12H,8-11,13H2,1-7H3/t15-/m1/s1. The van der Waals surface area contributed by atoms with Crippen LogP contribution in [0, 0.1) is 5.41 Å². The number of hydrogen-bond donors (Lipinski definition) is 0. The van der Waals surface area contributed by atoms with E-state index in [4.69, 9.17) is 4.43 Å². The summed E-state index contributed by atoms with van der Waals surface area (Å²) in [4.78, 5) is 11.3. The Morgan fingerprint density at radius 3 is 2.06 bits per heavy atom. The van der Waals surface area contributed by atoms with E-state index in [1.807, 2.05) is 6.92 Å². The Hall–Kier alpha value is -0.153. The predicted octanol–water partition coefficient (Wildman–Crippen LogP) is 4.79. The molecular formula is C15H32O2Si. The van der Waals surface area contributed by atoms with Gasteiger partial charge in [0.15, 0.2) is 8.32 Å². The Morgan fingerprint density at radius 1 is 1.11 bits per heavy atom. The minimum Gasteiger partial charge on any atom is -0.416 e. The lowest BCUT2D eigenvalue weighted by molar-refractivity contribution is -0.117. The highest BCUT2D eigenvalue weighted by atomic mass is 28.4. The first-order valence-electron chi connectivity index (χ1n) is 7.18. The Bertz CT molecular complexity index is 256. The molecule has 0 spiro atoms. The summed E-state index contributed by atoms with van der Waals surface area (Å²) in [5, 5.41) is 0.209. The molecule has 0 aromatic carbocycles. The summed E-state index contributed by atoms with van der Waals surface area (Å²) in [7, 11) is -1.74. The lowest BCUT2D eigenvalue weighted by atomic mass is 9.87. The van der Waals surface area contributed by atoms with Crippen LogP contribution >= 0.6 is 0 Å². The van der Waals surface area contributed by atoms with Crippen molar-refractivity contribution in [2.24, 2.45) is 5.41 Å². The number of carbonyl (C=O) groups is 1. The molecule has 0 saturated carbocycles. The number of hydrogen-bond acceptors (Lipinski definition) is 2. The summed E-state index contributed by atoms with van der Waals surface area (Å²) >= 11 is 0. The summed E-state index contributed by atoms with van der Waals surface area (Å²) < 4.78 is 6.19. The van der Waals surface area contributed by atoms with Gasteiger partial charge in [-0.05, 0) is 24.6 Å². The van der Waals surface area contributed by atoms with Gasteiger partial charge in [0.2, 0.25) is 0 Å². The highest BCUT2D eigenvalue weighted by Gasteiger charge is 2.39. The van der Waals surface area contributed by atoms with Crippen LogP contribution in [0.1, 0.15) is 60.3 Å². The third kappa shape index (κ3) is 5.66. The normalized spacial score (nSPS) is 16.4. The van der Waals surface area contributed by atoms with Gasteiger partial charge in [-0.2, -0.15) is 0 Å². The second-order valence-electron chi connectivity index (χ2n) is 7.28. The molecule has 3 heteroatoms. The average molecular weight is 273 g/mol. The van der Waals surface area contributed by atoms with E-state index in [-0.39, 0.29) is 10.5 Å². The van der Waals surface area contributed by atoms with Crippen LogP contribution in [0.4, 0.5) is 0 Å². The van der Waals surface area contributed by atoms with E-state index < -0.39 is 8.32 Å². The number of rotatable bonds is 8. The summed E-state index contributed by atoms with van der Waals surface area (Å²) in [5.74, 6) is 0. The van der Waals surface area contributed by atoms with E-state index in [9.17, 15) is 4.79 Å². The van der Waals surface area contributed by atoms with Crippen molar-refractivity contribution in [1.82, 2.24) is 0 Å². The molecule has 0 heterocycles. The SMILES string of the molecule is CCCCC[C@](C)(C=O)CO[Si](C)(C)C(C)(C)C. The van der Waals surface area contributed by atoms with E-state index in [0.717, 1.165) is 19.1 Å². The predicted molar refractivity (Wildman–Crippen MR) is 81.5 cm³/mol. The van der Waals surface area contributed by atoms with Crippen LogP contribution in [-0.2, 0) is 9.22 Å². The highest BCUT2D eigenvalue weighted by Crippen LogP contribution is 2.38. The number of aldehydes is 1. The van der Waals surface area contributed by atoms with Crippen molar-refractivity contribution in [3.63, 3.8) is 0 Å². The molecule has 0 rings (SSSR count). The van der Waals surface area contributed by atoms with Gasteiger partial charge in [0.1, 0.15) is 6.29 Å². The molecule has 108 valence electrons. The third-order valence-corrected chi connectivity index (χ3v) is 8.68. The first kappa shape index (κ1) is 17.8. The topological polar surface area (TPSA) is 26.3 Å². The molecule has 2 nitrogen and oxygen atoms in total. The van der Waals surface area contributed by atoms with Gasteiger partial charge in [0.25, 0.3) is 0 Å². The summed E-state index contributed by atoms with van der Waals surface area (Å²) in [5.41, 5.74) is -0.301. The van der Waals surface area contributed by atoms with Crippen molar-refractivity contribution < 1.29 is 9.22 Å². The van der Waals surface area contributed by atoms with Crippen LogP contribution in [0.25, 0.3) is 0 Å². The van der Waals surface area contributed by atoms with E-state index in [1.165, 1.54) is 12.8 Å². The van der Waals surface area contributed by atoms with Gasteiger partial charge in [0.05, 0.1) is 0 Å². The molecule has 0 saturated heterocycles. The maximum Gasteiger partial charge on any atom is 0.192 e. The largest absolute Gasteiger partial charge is 0.416 e. The second kappa shape index (κ2) is 6.85. The van der Waals surface area contributed by atoms with E-state index in [2.05, 4.69) is 40.8 Å². The summed E-state index contributed by atoms with van der Waals surface area (Å²) in [6, 6.07) is 0. The summed E-state index contributed by atoms with van der Waals surface area (Å²) in [6.45, 7) is 16.0. The van der Waals surface area contributed by atoms with Crippen LogP contribution in [0.5, 0.6) is 0 Å². The molecule has 0 radical (unpaired) electrons. The molecule has 0 aliphatic heterocycles. The molecule has 0 aromatic rings. The first-order valence-corrected chi connectivity index (χ1v) is 10.1. The monoisotopic (exact) mass is 272 g/mol. The molecule has 18 heavy (non-hydrogen) atoms. The van der Waals surface area contributed by atoms with Crippen molar-refractivity contribution in [2.45, 2.75) is 78.4 Å². The highest BCUT2D eigenvalue weighted by molar-refractivity contribution is 6.74. The molecule has 0 bridgehead atoms.